The van der Waals surface area contributed by atoms with Crippen molar-refractivity contribution in [3.63, 3.8) is 0 Å². The number of nitrogens with one attached hydrogen (secondary N) is 1. The standard InChI is InChI=1S/C12H25N3O5S/c1-12(2,3)20-11(17)9-15(7-6-14-10-16)21(18,19)8-4-5-13/h10H,4-9,13H2,1-3H3,(H,14,16). The van der Waals surface area contributed by atoms with Crippen LogP contribution in [0.5, 0.6) is 0 Å². The maximum Gasteiger partial charge on any atom is 0.321 e. The number of sulfonamides is 1. The van der Waals surface area contributed by atoms with E-state index in [1.54, 1.807) is 20.8 Å². The summed E-state index contributed by atoms with van der Waals surface area (Å²) in [5.41, 5.74) is 4.62. The maximum atomic E-state index is 12.1. The number of nitrogens with two attached hydrogens (primary N) is 1. The van der Waals surface area contributed by atoms with Gasteiger partial charge >= 0.3 is 5.97 Å². The van der Waals surface area contributed by atoms with E-state index in [1.807, 2.05) is 0 Å². The summed E-state index contributed by atoms with van der Waals surface area (Å²) in [5, 5.41) is 2.36. The molecule has 0 aromatic heterocycles. The third kappa shape index (κ3) is 9.38. The Balaban J connectivity index is 4.80. The molecular weight excluding hydrogens is 298 g/mol. The predicted molar refractivity (Wildman–Crippen MR) is 78.9 cm³/mol. The number of hydrogen-bond acceptors (Lipinski definition) is 6. The summed E-state index contributed by atoms with van der Waals surface area (Å²) < 4.78 is 30.4. The second-order valence-corrected chi connectivity index (χ2v) is 7.54. The molecule has 0 aliphatic heterocycles. The Bertz CT molecular complexity index is 431. The lowest BCUT2D eigenvalue weighted by Gasteiger charge is -2.24. The highest BCUT2D eigenvalue weighted by atomic mass is 32.2. The van der Waals surface area contributed by atoms with Crippen LogP contribution in [0.25, 0.3) is 0 Å². The fourth-order valence-corrected chi connectivity index (χ4v) is 2.94. The Morgan fingerprint density at radius 3 is 2.48 bits per heavy atom. The first-order valence-electron chi connectivity index (χ1n) is 6.69. The van der Waals surface area contributed by atoms with E-state index in [0.29, 0.717) is 12.8 Å². The molecule has 0 heterocycles. The van der Waals surface area contributed by atoms with Gasteiger partial charge in [0.1, 0.15) is 12.1 Å². The minimum Gasteiger partial charge on any atom is -0.459 e. The third-order valence-electron chi connectivity index (χ3n) is 2.31. The van der Waals surface area contributed by atoms with E-state index in [1.165, 1.54) is 0 Å². The van der Waals surface area contributed by atoms with Crippen LogP contribution in [-0.4, -0.2) is 62.6 Å². The molecule has 3 N–H and O–H groups in total. The molecule has 0 unspecified atom stereocenters. The van der Waals surface area contributed by atoms with Gasteiger partial charge in [0, 0.05) is 13.1 Å². The molecule has 0 bridgehead atoms. The third-order valence-corrected chi connectivity index (χ3v) is 4.22. The summed E-state index contributed by atoms with van der Waals surface area (Å²) >= 11 is 0. The van der Waals surface area contributed by atoms with Crippen molar-refractivity contribution in [2.24, 2.45) is 5.73 Å². The molecule has 1 amide bonds. The molecule has 124 valence electrons. The second kappa shape index (κ2) is 8.96. The van der Waals surface area contributed by atoms with Crippen LogP contribution in [0, 0.1) is 0 Å². The van der Waals surface area contributed by atoms with Crippen molar-refractivity contribution in [3.8, 4) is 0 Å². The zero-order chi connectivity index (χ0) is 16.5. The van der Waals surface area contributed by atoms with Crippen molar-refractivity contribution in [3.05, 3.63) is 0 Å². The van der Waals surface area contributed by atoms with Gasteiger partial charge in [-0.3, -0.25) is 9.59 Å². The predicted octanol–water partition coefficient (Wildman–Crippen LogP) is -0.945. The molecule has 0 radical (unpaired) electrons. The summed E-state index contributed by atoms with van der Waals surface area (Å²) in [5.74, 6) is -0.780. The van der Waals surface area contributed by atoms with Crippen LogP contribution in [0.3, 0.4) is 0 Å². The number of rotatable bonds is 10. The zero-order valence-corrected chi connectivity index (χ0v) is 13.6. The highest BCUT2D eigenvalue weighted by Gasteiger charge is 2.26. The quantitative estimate of drug-likeness (QED) is 0.304. The van der Waals surface area contributed by atoms with Crippen LogP contribution >= 0.6 is 0 Å². The summed E-state index contributed by atoms with van der Waals surface area (Å²) in [6, 6.07) is 0. The number of nitrogens with zero attached hydrogens (tertiary/aromatic N) is 1. The lowest BCUT2D eigenvalue weighted by molar-refractivity contribution is -0.154. The molecule has 0 saturated heterocycles. The van der Waals surface area contributed by atoms with Gasteiger partial charge in [-0.25, -0.2) is 8.42 Å². The fraction of sp³-hybridized carbons (Fsp3) is 0.833. The van der Waals surface area contributed by atoms with Crippen molar-refractivity contribution in [1.29, 1.82) is 0 Å². The maximum absolute atomic E-state index is 12.1. The van der Waals surface area contributed by atoms with Crippen LogP contribution in [0.1, 0.15) is 27.2 Å². The first-order valence-corrected chi connectivity index (χ1v) is 8.30. The van der Waals surface area contributed by atoms with E-state index >= 15 is 0 Å². The van der Waals surface area contributed by atoms with Crippen molar-refractivity contribution in [2.75, 3.05) is 31.9 Å². The minimum atomic E-state index is -3.62. The summed E-state index contributed by atoms with van der Waals surface area (Å²) in [6.07, 6.45) is 0.770. The van der Waals surface area contributed by atoms with Crippen LogP contribution in [0.4, 0.5) is 0 Å². The highest BCUT2D eigenvalue weighted by Crippen LogP contribution is 2.09. The minimum absolute atomic E-state index is 0.00485. The van der Waals surface area contributed by atoms with Gasteiger partial charge in [-0.2, -0.15) is 4.31 Å². The first-order chi connectivity index (χ1) is 9.62. The topological polar surface area (TPSA) is 119 Å². The first kappa shape index (κ1) is 19.8. The lowest BCUT2D eigenvalue weighted by atomic mass is 10.2. The zero-order valence-electron chi connectivity index (χ0n) is 12.8. The van der Waals surface area contributed by atoms with Crippen molar-refractivity contribution < 1.29 is 22.7 Å². The SMILES string of the molecule is CC(C)(C)OC(=O)CN(CCNC=O)S(=O)(=O)CCCN. The molecule has 8 nitrogen and oxygen atoms in total. The molecule has 0 aromatic rings. The lowest BCUT2D eigenvalue weighted by Crippen LogP contribution is -2.43. The van der Waals surface area contributed by atoms with Crippen molar-refractivity contribution in [2.45, 2.75) is 32.8 Å². The molecule has 9 heteroatoms. The smallest absolute Gasteiger partial charge is 0.321 e. The van der Waals surface area contributed by atoms with Crippen molar-refractivity contribution in [1.82, 2.24) is 9.62 Å². The summed E-state index contributed by atoms with van der Waals surface area (Å²) in [4.78, 5) is 22.0. The van der Waals surface area contributed by atoms with E-state index in [-0.39, 0.29) is 31.9 Å². The monoisotopic (exact) mass is 323 g/mol. The number of ether oxygens (including phenoxy) is 1. The number of carbonyl (C=O) groups is 2. The highest BCUT2D eigenvalue weighted by molar-refractivity contribution is 7.89. The Kier molecular flexibility index (Phi) is 8.45. The number of carbonyl (C=O) groups excluding carboxylic acids is 2. The van der Waals surface area contributed by atoms with Crippen LogP contribution in [0.15, 0.2) is 0 Å². The van der Waals surface area contributed by atoms with Gasteiger partial charge in [0.25, 0.3) is 0 Å². The second-order valence-electron chi connectivity index (χ2n) is 5.45. The summed E-state index contributed by atoms with van der Waals surface area (Å²) in [6.45, 7) is 5.08. The van der Waals surface area contributed by atoms with E-state index in [9.17, 15) is 18.0 Å². The Morgan fingerprint density at radius 1 is 1.38 bits per heavy atom. The molecule has 0 rings (SSSR count). The van der Waals surface area contributed by atoms with E-state index in [4.69, 9.17) is 10.5 Å². The van der Waals surface area contributed by atoms with Gasteiger partial charge in [-0.15, -0.1) is 0 Å². The van der Waals surface area contributed by atoms with Crippen LogP contribution < -0.4 is 11.1 Å². The average molecular weight is 323 g/mol. The van der Waals surface area contributed by atoms with Crippen LogP contribution in [0.2, 0.25) is 0 Å². The van der Waals surface area contributed by atoms with Crippen LogP contribution in [-0.2, 0) is 24.3 Å². The number of amides is 1. The van der Waals surface area contributed by atoms with E-state index in [2.05, 4.69) is 5.32 Å². The molecule has 0 saturated carbocycles. The summed E-state index contributed by atoms with van der Waals surface area (Å²) in [7, 11) is -3.62. The normalized spacial score (nSPS) is 12.2. The van der Waals surface area contributed by atoms with Gasteiger partial charge in [-0.05, 0) is 33.7 Å². The van der Waals surface area contributed by atoms with Gasteiger partial charge in [0.2, 0.25) is 16.4 Å². The van der Waals surface area contributed by atoms with E-state index < -0.39 is 21.6 Å². The van der Waals surface area contributed by atoms with Gasteiger partial charge in [0.05, 0.1) is 5.75 Å². The Labute approximate surface area is 126 Å². The molecule has 0 fully saturated rings. The molecule has 0 atom stereocenters. The number of esters is 1. The average Bonchev–Trinajstić information content (AvgIpc) is 2.33. The Morgan fingerprint density at radius 2 is 2.00 bits per heavy atom. The molecule has 0 aliphatic rings. The van der Waals surface area contributed by atoms with E-state index in [0.717, 1.165) is 4.31 Å². The number of hydrogen-bond donors (Lipinski definition) is 2. The van der Waals surface area contributed by atoms with Gasteiger partial charge < -0.3 is 15.8 Å². The largest absolute Gasteiger partial charge is 0.459 e. The molecule has 0 spiro atoms. The molecule has 0 aliphatic carbocycles. The molecule has 0 aromatic carbocycles. The van der Waals surface area contributed by atoms with Crippen molar-refractivity contribution >= 4 is 22.4 Å². The van der Waals surface area contributed by atoms with Gasteiger partial charge in [-0.1, -0.05) is 0 Å². The Hall–Kier alpha value is -1.19. The fourth-order valence-electron chi connectivity index (χ4n) is 1.48. The molecule has 21 heavy (non-hydrogen) atoms. The van der Waals surface area contributed by atoms with Gasteiger partial charge in [0.15, 0.2) is 0 Å². The molecular formula is C12H25N3O5S.